The Kier molecular flexibility index (Phi) is 4.86. The van der Waals surface area contributed by atoms with E-state index >= 15 is 0 Å². The zero-order chi connectivity index (χ0) is 15.2. The van der Waals surface area contributed by atoms with Crippen LogP contribution in [0.5, 0.6) is 0 Å². The number of hydrogen-bond acceptors (Lipinski definition) is 6. The van der Waals surface area contributed by atoms with E-state index in [2.05, 4.69) is 20.8 Å². The number of rotatable bonds is 6. The van der Waals surface area contributed by atoms with Crippen molar-refractivity contribution in [3.05, 3.63) is 30.3 Å². The Balaban J connectivity index is 2.22. The fourth-order valence-corrected chi connectivity index (χ4v) is 2.00. The Morgan fingerprint density at radius 2 is 2.05 bits per heavy atom. The summed E-state index contributed by atoms with van der Waals surface area (Å²) in [6, 6.07) is 8.99. The van der Waals surface area contributed by atoms with Crippen LogP contribution in [-0.4, -0.2) is 39.3 Å². The van der Waals surface area contributed by atoms with E-state index in [0.29, 0.717) is 18.3 Å². The van der Waals surface area contributed by atoms with Crippen LogP contribution in [0.4, 0.5) is 5.95 Å². The molecule has 0 saturated carbocycles. The number of anilines is 1. The van der Waals surface area contributed by atoms with E-state index in [-0.39, 0.29) is 5.97 Å². The molecule has 0 aliphatic rings. The van der Waals surface area contributed by atoms with Crippen LogP contribution < -0.4 is 5.32 Å². The first-order chi connectivity index (χ1) is 10.1. The molecule has 7 heteroatoms. The van der Waals surface area contributed by atoms with Gasteiger partial charge in [-0.05, 0) is 34.9 Å². The van der Waals surface area contributed by atoms with E-state index in [4.69, 9.17) is 4.74 Å². The molecule has 0 radical (unpaired) electrons. The van der Waals surface area contributed by atoms with Gasteiger partial charge in [0.2, 0.25) is 5.95 Å². The van der Waals surface area contributed by atoms with Gasteiger partial charge < -0.3 is 10.1 Å². The maximum Gasteiger partial charge on any atom is 0.328 e. The molecule has 0 amide bonds. The average molecular weight is 289 g/mol. The number of carbonyl (C=O) groups is 1. The monoisotopic (exact) mass is 289 g/mol. The summed E-state index contributed by atoms with van der Waals surface area (Å²) in [5, 5.41) is 14.6. The Morgan fingerprint density at radius 3 is 2.67 bits per heavy atom. The number of esters is 1. The molecule has 1 aromatic heterocycles. The molecule has 0 aliphatic carbocycles. The van der Waals surface area contributed by atoms with E-state index in [1.807, 2.05) is 44.2 Å². The van der Waals surface area contributed by atoms with Crippen molar-refractivity contribution in [2.24, 2.45) is 5.92 Å². The van der Waals surface area contributed by atoms with Crippen LogP contribution in [0.1, 0.15) is 20.3 Å². The number of para-hydroxylation sites is 1. The Bertz CT molecular complexity index is 582. The lowest BCUT2D eigenvalue weighted by atomic mass is 10.0. The summed E-state index contributed by atoms with van der Waals surface area (Å²) >= 11 is 0. The fraction of sp³-hybridized carbons (Fsp3) is 0.429. The number of nitrogens with one attached hydrogen (secondary N) is 1. The van der Waals surface area contributed by atoms with Crippen LogP contribution in [-0.2, 0) is 9.53 Å². The van der Waals surface area contributed by atoms with Crippen LogP contribution in [0.3, 0.4) is 0 Å². The van der Waals surface area contributed by atoms with Gasteiger partial charge in [0.1, 0.15) is 6.04 Å². The smallest absolute Gasteiger partial charge is 0.328 e. The highest BCUT2D eigenvalue weighted by molar-refractivity contribution is 5.78. The van der Waals surface area contributed by atoms with Gasteiger partial charge in [-0.25, -0.2) is 4.79 Å². The number of aromatic nitrogens is 4. The van der Waals surface area contributed by atoms with E-state index in [9.17, 15) is 4.79 Å². The molecular weight excluding hydrogens is 270 g/mol. The largest absolute Gasteiger partial charge is 0.467 e. The summed E-state index contributed by atoms with van der Waals surface area (Å²) in [5.74, 6) is 0.422. The Labute approximate surface area is 123 Å². The van der Waals surface area contributed by atoms with Crippen molar-refractivity contribution < 1.29 is 9.53 Å². The van der Waals surface area contributed by atoms with Crippen molar-refractivity contribution >= 4 is 11.9 Å². The molecule has 2 rings (SSSR count). The predicted octanol–water partition coefficient (Wildman–Crippen LogP) is 1.66. The van der Waals surface area contributed by atoms with Crippen LogP contribution in [0, 0.1) is 5.92 Å². The molecule has 0 saturated heterocycles. The first-order valence-electron chi connectivity index (χ1n) is 6.80. The van der Waals surface area contributed by atoms with E-state index in [1.54, 1.807) is 4.68 Å². The maximum atomic E-state index is 11.9. The normalized spacial score (nSPS) is 12.2. The second-order valence-corrected chi connectivity index (χ2v) is 5.10. The van der Waals surface area contributed by atoms with E-state index in [0.717, 1.165) is 5.69 Å². The minimum absolute atomic E-state index is 0.327. The molecule has 21 heavy (non-hydrogen) atoms. The molecular formula is C14H19N5O2. The number of methoxy groups -OCH3 is 1. The molecule has 7 nitrogen and oxygen atoms in total. The van der Waals surface area contributed by atoms with Gasteiger partial charge in [-0.1, -0.05) is 37.1 Å². The van der Waals surface area contributed by atoms with E-state index in [1.165, 1.54) is 7.11 Å². The molecule has 0 bridgehead atoms. The number of benzene rings is 1. The number of nitrogens with zero attached hydrogens (tertiary/aromatic N) is 4. The highest BCUT2D eigenvalue weighted by Gasteiger charge is 2.23. The number of ether oxygens (including phenoxy) is 1. The predicted molar refractivity (Wildman–Crippen MR) is 78.0 cm³/mol. The van der Waals surface area contributed by atoms with Crippen molar-refractivity contribution in [3.63, 3.8) is 0 Å². The summed E-state index contributed by atoms with van der Waals surface area (Å²) in [6.45, 7) is 4.08. The second kappa shape index (κ2) is 6.83. The molecule has 1 atom stereocenters. The van der Waals surface area contributed by atoms with Gasteiger partial charge in [0.05, 0.1) is 12.8 Å². The SMILES string of the molecule is COC(=O)C(CC(C)C)Nc1nnnn1-c1ccccc1. The summed E-state index contributed by atoms with van der Waals surface area (Å²) in [4.78, 5) is 11.9. The Hall–Kier alpha value is -2.44. The van der Waals surface area contributed by atoms with Crippen LogP contribution >= 0.6 is 0 Å². The molecule has 0 aliphatic heterocycles. The molecule has 2 aromatic rings. The van der Waals surface area contributed by atoms with Crippen molar-refractivity contribution in [1.29, 1.82) is 0 Å². The van der Waals surface area contributed by atoms with Crippen LogP contribution in [0.15, 0.2) is 30.3 Å². The highest BCUT2D eigenvalue weighted by Crippen LogP contribution is 2.15. The van der Waals surface area contributed by atoms with Crippen molar-refractivity contribution in [3.8, 4) is 5.69 Å². The van der Waals surface area contributed by atoms with Gasteiger partial charge in [-0.2, -0.15) is 4.68 Å². The quantitative estimate of drug-likeness (QED) is 0.814. The van der Waals surface area contributed by atoms with Gasteiger partial charge in [0, 0.05) is 0 Å². The maximum absolute atomic E-state index is 11.9. The summed E-state index contributed by atoms with van der Waals surface area (Å²) in [6.07, 6.45) is 0.633. The molecule has 0 fully saturated rings. The average Bonchev–Trinajstić information content (AvgIpc) is 2.94. The number of tetrazole rings is 1. The molecule has 112 valence electrons. The highest BCUT2D eigenvalue weighted by atomic mass is 16.5. The zero-order valence-corrected chi connectivity index (χ0v) is 12.4. The van der Waals surface area contributed by atoms with E-state index < -0.39 is 6.04 Å². The third-order valence-corrected chi connectivity index (χ3v) is 2.97. The number of hydrogen-bond donors (Lipinski definition) is 1. The van der Waals surface area contributed by atoms with Crippen molar-refractivity contribution in [2.45, 2.75) is 26.3 Å². The minimum atomic E-state index is -0.483. The number of carbonyl (C=O) groups excluding carboxylic acids is 1. The van der Waals surface area contributed by atoms with Gasteiger partial charge in [-0.15, -0.1) is 0 Å². The lowest BCUT2D eigenvalue weighted by Crippen LogP contribution is -2.33. The molecule has 1 unspecified atom stereocenters. The molecule has 1 N–H and O–H groups in total. The van der Waals surface area contributed by atoms with Crippen molar-refractivity contribution in [2.75, 3.05) is 12.4 Å². The molecule has 1 aromatic carbocycles. The lowest BCUT2D eigenvalue weighted by Gasteiger charge is -2.18. The standard InChI is InChI=1S/C14H19N5O2/c1-10(2)9-12(13(20)21-3)15-14-16-17-18-19(14)11-7-5-4-6-8-11/h4-8,10,12H,9H2,1-3H3,(H,15,16,18). The fourth-order valence-electron chi connectivity index (χ4n) is 2.00. The van der Waals surface area contributed by atoms with Crippen molar-refractivity contribution in [1.82, 2.24) is 20.2 Å². The summed E-state index contributed by atoms with van der Waals surface area (Å²) in [5.41, 5.74) is 0.818. The lowest BCUT2D eigenvalue weighted by molar-refractivity contribution is -0.141. The second-order valence-electron chi connectivity index (χ2n) is 5.10. The third-order valence-electron chi connectivity index (χ3n) is 2.97. The Morgan fingerprint density at radius 1 is 1.33 bits per heavy atom. The summed E-state index contributed by atoms with van der Waals surface area (Å²) in [7, 11) is 1.37. The van der Waals surface area contributed by atoms with Gasteiger partial charge >= 0.3 is 5.97 Å². The third kappa shape index (κ3) is 3.77. The zero-order valence-electron chi connectivity index (χ0n) is 12.4. The first-order valence-corrected chi connectivity index (χ1v) is 6.80. The van der Waals surface area contributed by atoms with Gasteiger partial charge in [-0.3, -0.25) is 0 Å². The van der Waals surface area contributed by atoms with Crippen LogP contribution in [0.25, 0.3) is 5.69 Å². The minimum Gasteiger partial charge on any atom is -0.467 e. The van der Waals surface area contributed by atoms with Crippen LogP contribution in [0.2, 0.25) is 0 Å². The molecule has 1 heterocycles. The topological polar surface area (TPSA) is 81.9 Å². The van der Waals surface area contributed by atoms with Gasteiger partial charge in [0.15, 0.2) is 0 Å². The molecule has 0 spiro atoms. The first kappa shape index (κ1) is 15.0. The van der Waals surface area contributed by atoms with Gasteiger partial charge in [0.25, 0.3) is 0 Å². The summed E-state index contributed by atoms with van der Waals surface area (Å²) < 4.78 is 6.38.